The van der Waals surface area contributed by atoms with Gasteiger partial charge in [-0.05, 0) is 30.3 Å². The molecule has 0 radical (unpaired) electrons. The molecule has 21 heavy (non-hydrogen) atoms. The number of methoxy groups -OCH3 is 1. The molecule has 104 valence electrons. The van der Waals surface area contributed by atoms with Crippen LogP contribution in [0.25, 0.3) is 22.2 Å². The molecule has 0 amide bonds. The van der Waals surface area contributed by atoms with Gasteiger partial charge in [-0.15, -0.1) is 0 Å². The number of hydrogen-bond donors (Lipinski definition) is 0. The van der Waals surface area contributed by atoms with E-state index in [1.165, 1.54) is 13.2 Å². The first-order valence-corrected chi connectivity index (χ1v) is 6.43. The molecule has 0 unspecified atom stereocenters. The monoisotopic (exact) mass is 281 g/mol. The minimum absolute atomic E-state index is 0.325. The van der Waals surface area contributed by atoms with Crippen LogP contribution >= 0.6 is 0 Å². The summed E-state index contributed by atoms with van der Waals surface area (Å²) in [5.41, 5.74) is 2.01. The summed E-state index contributed by atoms with van der Waals surface area (Å²) < 4.78 is 18.5. The number of carbonyl (C=O) groups is 1. The van der Waals surface area contributed by atoms with Gasteiger partial charge in [0, 0.05) is 10.9 Å². The molecule has 0 fully saturated rings. The second-order valence-electron chi connectivity index (χ2n) is 4.58. The summed E-state index contributed by atoms with van der Waals surface area (Å²) in [5, 5.41) is 0.878. The summed E-state index contributed by atoms with van der Waals surface area (Å²) in [6.07, 6.45) is 0. The van der Waals surface area contributed by atoms with Crippen molar-refractivity contribution in [2.45, 2.75) is 0 Å². The van der Waals surface area contributed by atoms with E-state index in [4.69, 9.17) is 4.74 Å². The number of carbonyl (C=O) groups excluding carboxylic acids is 1. The van der Waals surface area contributed by atoms with Crippen molar-refractivity contribution < 1.29 is 13.9 Å². The lowest BCUT2D eigenvalue weighted by Crippen LogP contribution is -2.01. The average molecular weight is 281 g/mol. The van der Waals surface area contributed by atoms with E-state index in [0.29, 0.717) is 22.3 Å². The predicted molar refractivity (Wildman–Crippen MR) is 78.5 cm³/mol. The highest BCUT2D eigenvalue weighted by Gasteiger charge is 2.09. The van der Waals surface area contributed by atoms with E-state index in [9.17, 15) is 9.18 Å². The zero-order valence-electron chi connectivity index (χ0n) is 11.3. The summed E-state index contributed by atoms with van der Waals surface area (Å²) in [6, 6.07) is 15.2. The smallest absolute Gasteiger partial charge is 0.337 e. The zero-order valence-corrected chi connectivity index (χ0v) is 11.3. The van der Waals surface area contributed by atoms with Crippen LogP contribution in [0.3, 0.4) is 0 Å². The van der Waals surface area contributed by atoms with E-state index >= 15 is 0 Å². The normalized spacial score (nSPS) is 10.6. The van der Waals surface area contributed by atoms with Crippen LogP contribution < -0.4 is 0 Å². The number of esters is 1. The lowest BCUT2D eigenvalue weighted by Gasteiger charge is -2.06. The molecular weight excluding hydrogens is 269 g/mol. The summed E-state index contributed by atoms with van der Waals surface area (Å²) >= 11 is 0. The van der Waals surface area contributed by atoms with Gasteiger partial charge in [-0.25, -0.2) is 14.2 Å². The molecule has 3 rings (SSSR count). The summed E-state index contributed by atoms with van der Waals surface area (Å²) in [7, 11) is 1.33. The predicted octanol–water partition coefficient (Wildman–Crippen LogP) is 3.83. The van der Waals surface area contributed by atoms with Crippen LogP contribution in [0.15, 0.2) is 54.6 Å². The SMILES string of the molecule is COC(=O)c1ccc2ccc(-c3ccccc3F)nc2c1. The van der Waals surface area contributed by atoms with Crippen LogP contribution in [0.4, 0.5) is 4.39 Å². The van der Waals surface area contributed by atoms with Gasteiger partial charge in [0.1, 0.15) is 5.82 Å². The van der Waals surface area contributed by atoms with E-state index in [1.807, 2.05) is 6.07 Å². The van der Waals surface area contributed by atoms with E-state index in [2.05, 4.69) is 4.98 Å². The molecule has 0 aliphatic heterocycles. The molecule has 0 spiro atoms. The van der Waals surface area contributed by atoms with Gasteiger partial charge in [-0.2, -0.15) is 0 Å². The van der Waals surface area contributed by atoms with Crippen molar-refractivity contribution in [3.63, 3.8) is 0 Å². The number of benzene rings is 2. The fraction of sp³-hybridized carbons (Fsp3) is 0.0588. The quantitative estimate of drug-likeness (QED) is 0.670. The first-order chi connectivity index (χ1) is 10.2. The van der Waals surface area contributed by atoms with Crippen molar-refractivity contribution >= 4 is 16.9 Å². The maximum absolute atomic E-state index is 13.8. The number of ether oxygens (including phenoxy) is 1. The standard InChI is InChI=1S/C17H12FNO2/c1-21-17(20)12-7-6-11-8-9-15(19-16(11)10-12)13-4-2-3-5-14(13)18/h2-10H,1H3. The number of nitrogens with zero attached hydrogens (tertiary/aromatic N) is 1. The summed E-state index contributed by atoms with van der Waals surface area (Å²) in [4.78, 5) is 16.0. The van der Waals surface area contributed by atoms with Crippen molar-refractivity contribution in [3.8, 4) is 11.3 Å². The van der Waals surface area contributed by atoms with Crippen LogP contribution in [0.1, 0.15) is 10.4 Å². The molecule has 0 saturated heterocycles. The van der Waals surface area contributed by atoms with Crippen LogP contribution in [-0.2, 0) is 4.74 Å². The van der Waals surface area contributed by atoms with Crippen LogP contribution in [0.2, 0.25) is 0 Å². The molecule has 3 aromatic rings. The Morgan fingerprint density at radius 1 is 1.10 bits per heavy atom. The fourth-order valence-electron chi connectivity index (χ4n) is 2.18. The first-order valence-electron chi connectivity index (χ1n) is 6.43. The van der Waals surface area contributed by atoms with Gasteiger partial charge in [0.25, 0.3) is 0 Å². The molecule has 1 aromatic heterocycles. The van der Waals surface area contributed by atoms with Crippen molar-refractivity contribution in [1.29, 1.82) is 0 Å². The van der Waals surface area contributed by atoms with Crippen LogP contribution in [-0.4, -0.2) is 18.1 Å². The lowest BCUT2D eigenvalue weighted by atomic mass is 10.1. The van der Waals surface area contributed by atoms with Gasteiger partial charge < -0.3 is 4.74 Å². The fourth-order valence-corrected chi connectivity index (χ4v) is 2.18. The maximum atomic E-state index is 13.8. The number of halogens is 1. The molecule has 0 saturated carbocycles. The molecule has 0 N–H and O–H groups in total. The zero-order chi connectivity index (χ0) is 14.8. The van der Waals surface area contributed by atoms with Crippen molar-refractivity contribution in [1.82, 2.24) is 4.98 Å². The topological polar surface area (TPSA) is 39.2 Å². The Kier molecular flexibility index (Phi) is 3.36. The van der Waals surface area contributed by atoms with E-state index in [1.54, 1.807) is 42.5 Å². The maximum Gasteiger partial charge on any atom is 0.337 e. The number of hydrogen-bond acceptors (Lipinski definition) is 3. The van der Waals surface area contributed by atoms with Crippen molar-refractivity contribution in [3.05, 3.63) is 66.0 Å². The lowest BCUT2D eigenvalue weighted by molar-refractivity contribution is 0.0601. The average Bonchev–Trinajstić information content (AvgIpc) is 2.53. The van der Waals surface area contributed by atoms with Gasteiger partial charge in [-0.3, -0.25) is 0 Å². The molecule has 0 aliphatic carbocycles. The second-order valence-corrected chi connectivity index (χ2v) is 4.58. The molecule has 1 heterocycles. The highest BCUT2D eigenvalue weighted by molar-refractivity contribution is 5.94. The van der Waals surface area contributed by atoms with Gasteiger partial charge in [0.05, 0.1) is 23.9 Å². The van der Waals surface area contributed by atoms with Crippen LogP contribution in [0.5, 0.6) is 0 Å². The Hall–Kier alpha value is -2.75. The highest BCUT2D eigenvalue weighted by Crippen LogP contribution is 2.24. The third-order valence-corrected chi connectivity index (χ3v) is 3.26. The molecule has 2 aromatic carbocycles. The Morgan fingerprint density at radius 3 is 2.62 bits per heavy atom. The van der Waals surface area contributed by atoms with Gasteiger partial charge in [0.2, 0.25) is 0 Å². The van der Waals surface area contributed by atoms with Crippen molar-refractivity contribution in [2.75, 3.05) is 7.11 Å². The Labute approximate surface area is 121 Å². The number of pyridine rings is 1. The Balaban J connectivity index is 2.14. The minimum atomic E-state index is -0.421. The van der Waals surface area contributed by atoms with Gasteiger partial charge in [-0.1, -0.05) is 24.3 Å². The molecule has 4 heteroatoms. The Morgan fingerprint density at radius 2 is 1.86 bits per heavy atom. The summed E-state index contributed by atoms with van der Waals surface area (Å²) in [5.74, 6) is -0.747. The number of rotatable bonds is 2. The van der Waals surface area contributed by atoms with E-state index in [0.717, 1.165) is 5.39 Å². The summed E-state index contributed by atoms with van der Waals surface area (Å²) in [6.45, 7) is 0. The van der Waals surface area contributed by atoms with Crippen LogP contribution in [0, 0.1) is 5.82 Å². The molecule has 0 bridgehead atoms. The number of fused-ring (bicyclic) bond motifs is 1. The van der Waals surface area contributed by atoms with Gasteiger partial charge in [0.15, 0.2) is 0 Å². The third kappa shape index (κ3) is 2.48. The number of aromatic nitrogens is 1. The molecule has 3 nitrogen and oxygen atoms in total. The highest BCUT2D eigenvalue weighted by atomic mass is 19.1. The minimum Gasteiger partial charge on any atom is -0.465 e. The largest absolute Gasteiger partial charge is 0.465 e. The second kappa shape index (κ2) is 5.32. The first kappa shape index (κ1) is 13.2. The third-order valence-electron chi connectivity index (χ3n) is 3.26. The molecule has 0 aliphatic rings. The van der Waals surface area contributed by atoms with E-state index < -0.39 is 5.97 Å². The molecular formula is C17H12FNO2. The van der Waals surface area contributed by atoms with E-state index in [-0.39, 0.29) is 5.82 Å². The van der Waals surface area contributed by atoms with Crippen molar-refractivity contribution in [2.24, 2.45) is 0 Å². The Bertz CT molecular complexity index is 830. The van der Waals surface area contributed by atoms with Gasteiger partial charge >= 0.3 is 5.97 Å². The molecule has 0 atom stereocenters.